The number of hydrogen-bond donors (Lipinski definition) is 2. The van der Waals surface area contributed by atoms with E-state index in [0.717, 1.165) is 30.8 Å². The van der Waals surface area contributed by atoms with Crippen molar-refractivity contribution in [1.82, 2.24) is 20.5 Å². The SMILES string of the molecule is CC(=O)NCCNC[C@@H]1Cc2ccc(OCc3cccc(-c4ccccc4)c3C)cc2CN1Cc1cncc(C#N)c1. The van der Waals surface area contributed by atoms with Gasteiger partial charge >= 0.3 is 0 Å². The number of ether oxygens (including phenoxy) is 1. The molecule has 0 bridgehead atoms. The van der Waals surface area contributed by atoms with Crippen molar-refractivity contribution in [2.24, 2.45) is 0 Å². The second-order valence-electron chi connectivity index (χ2n) is 10.8. The Morgan fingerprint density at radius 3 is 2.71 bits per heavy atom. The number of amides is 1. The van der Waals surface area contributed by atoms with E-state index in [9.17, 15) is 10.1 Å². The molecule has 4 aromatic rings. The van der Waals surface area contributed by atoms with E-state index in [0.29, 0.717) is 31.8 Å². The number of nitriles is 1. The third-order valence-electron chi connectivity index (χ3n) is 7.81. The van der Waals surface area contributed by atoms with Crippen molar-refractivity contribution < 1.29 is 9.53 Å². The molecule has 214 valence electrons. The molecule has 0 radical (unpaired) electrons. The second kappa shape index (κ2) is 13.9. The number of carbonyl (C=O) groups excluding carboxylic acids is 1. The zero-order valence-corrected chi connectivity index (χ0v) is 24.3. The van der Waals surface area contributed by atoms with E-state index in [1.54, 1.807) is 6.20 Å². The van der Waals surface area contributed by atoms with Crippen molar-refractivity contribution in [3.63, 3.8) is 0 Å². The zero-order valence-electron chi connectivity index (χ0n) is 24.3. The largest absolute Gasteiger partial charge is 0.489 e. The van der Waals surface area contributed by atoms with E-state index in [2.05, 4.69) is 94.2 Å². The minimum Gasteiger partial charge on any atom is -0.489 e. The summed E-state index contributed by atoms with van der Waals surface area (Å²) < 4.78 is 6.34. The fraction of sp³-hybridized carbons (Fsp3) is 0.286. The van der Waals surface area contributed by atoms with Crippen LogP contribution in [0, 0.1) is 18.3 Å². The van der Waals surface area contributed by atoms with Crippen molar-refractivity contribution >= 4 is 5.91 Å². The first-order valence-electron chi connectivity index (χ1n) is 14.4. The van der Waals surface area contributed by atoms with E-state index < -0.39 is 0 Å². The maximum atomic E-state index is 11.2. The van der Waals surface area contributed by atoms with Crippen LogP contribution in [-0.4, -0.2) is 41.5 Å². The van der Waals surface area contributed by atoms with Crippen molar-refractivity contribution in [3.05, 3.63) is 119 Å². The average molecular weight is 560 g/mol. The maximum absolute atomic E-state index is 11.2. The minimum atomic E-state index is -0.0213. The van der Waals surface area contributed by atoms with Crippen LogP contribution in [0.25, 0.3) is 11.1 Å². The molecule has 0 fully saturated rings. The Morgan fingerprint density at radius 1 is 1.05 bits per heavy atom. The van der Waals surface area contributed by atoms with E-state index in [4.69, 9.17) is 4.74 Å². The van der Waals surface area contributed by atoms with Gasteiger partial charge in [-0.1, -0.05) is 54.6 Å². The van der Waals surface area contributed by atoms with Crippen LogP contribution in [0.2, 0.25) is 0 Å². The highest BCUT2D eigenvalue weighted by Gasteiger charge is 2.26. The van der Waals surface area contributed by atoms with Crippen LogP contribution in [0.5, 0.6) is 5.75 Å². The Hall–Kier alpha value is -4.51. The summed E-state index contributed by atoms with van der Waals surface area (Å²) in [4.78, 5) is 17.9. The first-order chi connectivity index (χ1) is 20.5. The standard InChI is InChI=1S/C35H37N5O2/c1-25-31(9-6-10-35(25)29-7-4-3-5-8-29)24-42-34-12-11-30-16-33(21-37-13-14-39-26(2)41)40(23-32(30)17-34)22-28-15-27(18-36)19-38-20-28/h3-12,15,17,19-20,33,37H,13-14,16,21-24H2,1-2H3,(H,39,41)/t33-/m0/s1. The Bertz CT molecular complexity index is 1560. The van der Waals surface area contributed by atoms with Gasteiger partial charge in [0.1, 0.15) is 18.4 Å². The average Bonchev–Trinajstić information content (AvgIpc) is 3.01. The van der Waals surface area contributed by atoms with Gasteiger partial charge in [-0.3, -0.25) is 14.7 Å². The quantitative estimate of drug-likeness (QED) is 0.247. The van der Waals surface area contributed by atoms with Crippen molar-refractivity contribution in [2.75, 3.05) is 19.6 Å². The van der Waals surface area contributed by atoms with E-state index in [1.807, 2.05) is 18.3 Å². The van der Waals surface area contributed by atoms with Crippen LogP contribution in [0.3, 0.4) is 0 Å². The fourth-order valence-corrected chi connectivity index (χ4v) is 5.55. The Morgan fingerprint density at radius 2 is 1.90 bits per heavy atom. The molecule has 0 saturated heterocycles. The number of fused-ring (bicyclic) bond motifs is 1. The Kier molecular flexibility index (Phi) is 9.60. The molecule has 42 heavy (non-hydrogen) atoms. The number of rotatable bonds is 11. The van der Waals surface area contributed by atoms with Gasteiger partial charge in [0.25, 0.3) is 0 Å². The molecule has 3 aromatic carbocycles. The molecule has 0 aliphatic carbocycles. The van der Waals surface area contributed by atoms with Crippen molar-refractivity contribution in [2.45, 2.75) is 46.0 Å². The zero-order chi connectivity index (χ0) is 29.3. The molecule has 1 aliphatic heterocycles. The second-order valence-corrected chi connectivity index (χ2v) is 10.8. The predicted molar refractivity (Wildman–Crippen MR) is 165 cm³/mol. The molecule has 1 amide bonds. The number of nitrogens with zero attached hydrogens (tertiary/aromatic N) is 3. The molecule has 2 heterocycles. The van der Waals surface area contributed by atoms with Gasteiger partial charge in [-0.25, -0.2) is 0 Å². The summed E-state index contributed by atoms with van der Waals surface area (Å²) in [5, 5.41) is 15.7. The molecule has 0 unspecified atom stereocenters. The van der Waals surface area contributed by atoms with Gasteiger partial charge in [0.05, 0.1) is 5.56 Å². The smallest absolute Gasteiger partial charge is 0.216 e. The van der Waals surface area contributed by atoms with Gasteiger partial charge in [-0.05, 0) is 70.5 Å². The predicted octanol–water partition coefficient (Wildman–Crippen LogP) is 5.16. The van der Waals surface area contributed by atoms with E-state index >= 15 is 0 Å². The van der Waals surface area contributed by atoms with Gasteiger partial charge in [0, 0.05) is 58.1 Å². The number of carbonyl (C=O) groups is 1. The number of benzene rings is 3. The molecule has 1 atom stereocenters. The summed E-state index contributed by atoms with van der Waals surface area (Å²) in [5.74, 6) is 0.838. The maximum Gasteiger partial charge on any atom is 0.216 e. The highest BCUT2D eigenvalue weighted by atomic mass is 16.5. The highest BCUT2D eigenvalue weighted by Crippen LogP contribution is 2.30. The lowest BCUT2D eigenvalue weighted by molar-refractivity contribution is -0.118. The molecular formula is C35H37N5O2. The Labute approximate surface area is 248 Å². The van der Waals surface area contributed by atoms with Crippen LogP contribution in [0.15, 0.2) is 85.2 Å². The van der Waals surface area contributed by atoms with Gasteiger partial charge in [-0.2, -0.15) is 5.26 Å². The minimum absolute atomic E-state index is 0.0213. The molecule has 1 aromatic heterocycles. The third-order valence-corrected chi connectivity index (χ3v) is 7.81. The topological polar surface area (TPSA) is 90.3 Å². The lowest BCUT2D eigenvalue weighted by atomic mass is 9.93. The fourth-order valence-electron chi connectivity index (χ4n) is 5.55. The summed E-state index contributed by atoms with van der Waals surface area (Å²) >= 11 is 0. The monoisotopic (exact) mass is 559 g/mol. The van der Waals surface area contributed by atoms with Gasteiger partial charge in [0.15, 0.2) is 0 Å². The molecule has 0 saturated carbocycles. The first-order valence-corrected chi connectivity index (χ1v) is 14.4. The molecule has 7 nitrogen and oxygen atoms in total. The third kappa shape index (κ3) is 7.41. The molecular weight excluding hydrogens is 522 g/mol. The summed E-state index contributed by atoms with van der Waals surface area (Å²) in [7, 11) is 0. The number of aromatic nitrogens is 1. The van der Waals surface area contributed by atoms with Crippen molar-refractivity contribution in [1.29, 1.82) is 5.26 Å². The highest BCUT2D eigenvalue weighted by molar-refractivity contribution is 5.72. The van der Waals surface area contributed by atoms with Crippen LogP contribution in [-0.2, 0) is 30.9 Å². The van der Waals surface area contributed by atoms with Crippen LogP contribution >= 0.6 is 0 Å². The lowest BCUT2D eigenvalue weighted by Gasteiger charge is -2.37. The molecule has 1 aliphatic rings. The normalized spacial score (nSPS) is 14.5. The lowest BCUT2D eigenvalue weighted by Crippen LogP contribution is -2.47. The molecule has 2 N–H and O–H groups in total. The molecule has 5 rings (SSSR count). The number of hydrogen-bond acceptors (Lipinski definition) is 6. The van der Waals surface area contributed by atoms with Gasteiger partial charge < -0.3 is 15.4 Å². The Balaban J connectivity index is 1.30. The van der Waals surface area contributed by atoms with Crippen molar-refractivity contribution in [3.8, 4) is 22.9 Å². The van der Waals surface area contributed by atoms with Gasteiger partial charge in [0.2, 0.25) is 5.91 Å². The number of pyridine rings is 1. The van der Waals surface area contributed by atoms with Gasteiger partial charge in [-0.15, -0.1) is 0 Å². The van der Waals surface area contributed by atoms with E-state index in [-0.39, 0.29) is 11.9 Å². The summed E-state index contributed by atoms with van der Waals surface area (Å²) in [6, 6.07) is 27.6. The molecule has 7 heteroatoms. The number of nitrogens with one attached hydrogen (secondary N) is 2. The molecule has 0 spiro atoms. The summed E-state index contributed by atoms with van der Waals surface area (Å²) in [6.07, 6.45) is 4.33. The first kappa shape index (κ1) is 29.0. The van der Waals surface area contributed by atoms with Crippen LogP contribution in [0.1, 0.15) is 40.3 Å². The van der Waals surface area contributed by atoms with Crippen LogP contribution in [0.4, 0.5) is 0 Å². The van der Waals surface area contributed by atoms with Crippen LogP contribution < -0.4 is 15.4 Å². The summed E-state index contributed by atoms with van der Waals surface area (Å²) in [6.45, 7) is 7.75. The summed E-state index contributed by atoms with van der Waals surface area (Å²) in [5.41, 5.74) is 8.99. The van der Waals surface area contributed by atoms with E-state index in [1.165, 1.54) is 40.3 Å².